The van der Waals surface area contributed by atoms with Crippen LogP contribution in [0.2, 0.25) is 0 Å². The first kappa shape index (κ1) is 18.4. The average Bonchev–Trinajstić information content (AvgIpc) is 2.61. The molecule has 0 saturated carbocycles. The van der Waals surface area contributed by atoms with Gasteiger partial charge < -0.3 is 18.9 Å². The highest BCUT2D eigenvalue weighted by Gasteiger charge is 2.28. The number of carbonyl (C=O) groups is 2. The quantitative estimate of drug-likeness (QED) is 0.679. The minimum absolute atomic E-state index is 0.237. The topological polar surface area (TPSA) is 71.1 Å². The molecule has 0 unspecified atom stereocenters. The lowest BCUT2D eigenvalue weighted by Crippen LogP contribution is -2.37. The van der Waals surface area contributed by atoms with Crippen molar-refractivity contribution >= 4 is 11.9 Å². The molecule has 1 heterocycles. The van der Waals surface area contributed by atoms with E-state index in [4.69, 9.17) is 18.9 Å². The van der Waals surface area contributed by atoms with Crippen LogP contribution in [0.4, 0.5) is 0 Å². The summed E-state index contributed by atoms with van der Waals surface area (Å²) in [5.41, 5.74) is 0.967. The van der Waals surface area contributed by atoms with Crippen molar-refractivity contribution in [1.82, 2.24) is 0 Å². The Balaban J connectivity index is 1.56. The maximum absolute atomic E-state index is 11.7. The average molecular weight is 336 g/mol. The van der Waals surface area contributed by atoms with Gasteiger partial charge in [-0.25, -0.2) is 0 Å². The van der Waals surface area contributed by atoms with Gasteiger partial charge in [0.2, 0.25) is 0 Å². The van der Waals surface area contributed by atoms with Gasteiger partial charge in [-0.2, -0.15) is 0 Å². The van der Waals surface area contributed by atoms with Crippen molar-refractivity contribution in [3.05, 3.63) is 35.9 Å². The third kappa shape index (κ3) is 6.29. The third-order valence-electron chi connectivity index (χ3n) is 3.65. The minimum Gasteiger partial charge on any atom is -0.466 e. The van der Waals surface area contributed by atoms with E-state index in [2.05, 4.69) is 0 Å². The lowest BCUT2D eigenvalue weighted by molar-refractivity contribution is -0.211. The standard InChI is InChI=1S/C18H24O6/c1-2-21-18(20)15-12-23-17(24-13-15)10-6-9-16(19)22-11-14-7-4-3-5-8-14/h3-5,7-8,15,17H,2,6,9-13H2,1H3. The molecule has 0 aromatic heterocycles. The Hall–Kier alpha value is -1.92. The number of esters is 2. The molecule has 0 bridgehead atoms. The Morgan fingerprint density at radius 1 is 1.12 bits per heavy atom. The Labute approximate surface area is 142 Å². The van der Waals surface area contributed by atoms with Gasteiger partial charge in [0, 0.05) is 6.42 Å². The fourth-order valence-electron chi connectivity index (χ4n) is 2.33. The van der Waals surface area contributed by atoms with Gasteiger partial charge in [0.1, 0.15) is 12.5 Å². The number of hydrogen-bond donors (Lipinski definition) is 0. The second kappa shape index (κ2) is 10.1. The van der Waals surface area contributed by atoms with Crippen LogP contribution >= 0.6 is 0 Å². The summed E-state index contributed by atoms with van der Waals surface area (Å²) in [6, 6.07) is 9.56. The molecule has 6 heteroatoms. The van der Waals surface area contributed by atoms with Crippen LogP contribution < -0.4 is 0 Å². The number of rotatable bonds is 8. The normalized spacial score (nSPS) is 20.4. The van der Waals surface area contributed by atoms with Gasteiger partial charge in [-0.3, -0.25) is 9.59 Å². The monoisotopic (exact) mass is 336 g/mol. The van der Waals surface area contributed by atoms with Crippen LogP contribution in [0.3, 0.4) is 0 Å². The number of carbonyl (C=O) groups excluding carboxylic acids is 2. The highest BCUT2D eigenvalue weighted by atomic mass is 16.7. The summed E-state index contributed by atoms with van der Waals surface area (Å²) >= 11 is 0. The first-order valence-electron chi connectivity index (χ1n) is 8.28. The Bertz CT molecular complexity index is 508. The lowest BCUT2D eigenvalue weighted by atomic mass is 10.1. The summed E-state index contributed by atoms with van der Waals surface area (Å²) in [6.07, 6.45) is 1.15. The SMILES string of the molecule is CCOC(=O)C1COC(CCCC(=O)OCc2ccccc2)OC1. The van der Waals surface area contributed by atoms with Crippen LogP contribution in [-0.2, 0) is 35.1 Å². The van der Waals surface area contributed by atoms with E-state index >= 15 is 0 Å². The van der Waals surface area contributed by atoms with E-state index in [1.807, 2.05) is 30.3 Å². The van der Waals surface area contributed by atoms with E-state index in [0.29, 0.717) is 39.1 Å². The van der Waals surface area contributed by atoms with Crippen molar-refractivity contribution in [2.75, 3.05) is 19.8 Å². The molecule has 6 nitrogen and oxygen atoms in total. The molecule has 0 aliphatic carbocycles. The molecule has 2 rings (SSSR count). The highest BCUT2D eigenvalue weighted by molar-refractivity contribution is 5.72. The van der Waals surface area contributed by atoms with Crippen LogP contribution in [0, 0.1) is 5.92 Å². The first-order valence-corrected chi connectivity index (χ1v) is 8.28. The van der Waals surface area contributed by atoms with E-state index in [-0.39, 0.29) is 30.8 Å². The van der Waals surface area contributed by atoms with Crippen LogP contribution in [-0.4, -0.2) is 38.0 Å². The van der Waals surface area contributed by atoms with Crippen molar-refractivity contribution in [2.45, 2.75) is 39.1 Å². The van der Waals surface area contributed by atoms with E-state index in [0.717, 1.165) is 5.56 Å². The Kier molecular flexibility index (Phi) is 7.71. The molecule has 1 aliphatic rings. The molecule has 1 aromatic rings. The molecule has 1 fully saturated rings. The molecule has 0 N–H and O–H groups in total. The molecule has 0 amide bonds. The van der Waals surface area contributed by atoms with Gasteiger partial charge in [-0.15, -0.1) is 0 Å². The fourth-order valence-corrected chi connectivity index (χ4v) is 2.33. The molecule has 1 aromatic carbocycles. The molecule has 0 atom stereocenters. The highest BCUT2D eigenvalue weighted by Crippen LogP contribution is 2.17. The van der Waals surface area contributed by atoms with Crippen LogP contribution in [0.25, 0.3) is 0 Å². The van der Waals surface area contributed by atoms with Gasteiger partial charge >= 0.3 is 11.9 Å². The second-order valence-electron chi connectivity index (χ2n) is 5.58. The predicted octanol–water partition coefficient (Wildman–Crippen LogP) is 2.45. The fraction of sp³-hybridized carbons (Fsp3) is 0.556. The number of benzene rings is 1. The molecule has 1 saturated heterocycles. The van der Waals surface area contributed by atoms with Crippen LogP contribution in [0.1, 0.15) is 31.7 Å². The van der Waals surface area contributed by atoms with E-state index < -0.39 is 0 Å². The largest absolute Gasteiger partial charge is 0.466 e. The van der Waals surface area contributed by atoms with E-state index in [1.54, 1.807) is 6.92 Å². The summed E-state index contributed by atoms with van der Waals surface area (Å²) in [5.74, 6) is -0.892. The van der Waals surface area contributed by atoms with Gasteiger partial charge in [-0.1, -0.05) is 30.3 Å². The molecule has 0 spiro atoms. The first-order chi connectivity index (χ1) is 11.7. The zero-order valence-corrected chi connectivity index (χ0v) is 13.9. The van der Waals surface area contributed by atoms with Crippen LogP contribution in [0.15, 0.2) is 30.3 Å². The van der Waals surface area contributed by atoms with Gasteiger partial charge in [0.05, 0.1) is 19.8 Å². The van der Waals surface area contributed by atoms with Crippen molar-refractivity contribution in [2.24, 2.45) is 5.92 Å². The molecule has 1 aliphatic heterocycles. The smallest absolute Gasteiger partial charge is 0.313 e. The predicted molar refractivity (Wildman–Crippen MR) is 85.9 cm³/mol. The van der Waals surface area contributed by atoms with Crippen LogP contribution in [0.5, 0.6) is 0 Å². The summed E-state index contributed by atoms with van der Waals surface area (Å²) in [6.45, 7) is 2.99. The molecule has 0 radical (unpaired) electrons. The maximum Gasteiger partial charge on any atom is 0.313 e. The second-order valence-corrected chi connectivity index (χ2v) is 5.58. The minimum atomic E-state index is -0.377. The van der Waals surface area contributed by atoms with Crippen molar-refractivity contribution in [3.63, 3.8) is 0 Å². The summed E-state index contributed by atoms with van der Waals surface area (Å²) in [5, 5.41) is 0. The summed E-state index contributed by atoms with van der Waals surface area (Å²) < 4.78 is 21.1. The van der Waals surface area contributed by atoms with Gasteiger partial charge in [0.25, 0.3) is 0 Å². The Morgan fingerprint density at radius 2 is 1.83 bits per heavy atom. The van der Waals surface area contributed by atoms with Crippen molar-refractivity contribution in [1.29, 1.82) is 0 Å². The Morgan fingerprint density at radius 3 is 2.50 bits per heavy atom. The summed E-state index contributed by atoms with van der Waals surface area (Å²) in [7, 11) is 0. The van der Waals surface area contributed by atoms with Crippen molar-refractivity contribution < 1.29 is 28.5 Å². The van der Waals surface area contributed by atoms with E-state index in [1.165, 1.54) is 0 Å². The number of ether oxygens (including phenoxy) is 4. The molecule has 132 valence electrons. The lowest BCUT2D eigenvalue weighted by Gasteiger charge is -2.28. The molecular weight excluding hydrogens is 312 g/mol. The van der Waals surface area contributed by atoms with Gasteiger partial charge in [0.15, 0.2) is 6.29 Å². The molecule has 24 heavy (non-hydrogen) atoms. The maximum atomic E-state index is 11.7. The zero-order chi connectivity index (χ0) is 17.2. The number of hydrogen-bond acceptors (Lipinski definition) is 6. The van der Waals surface area contributed by atoms with E-state index in [9.17, 15) is 9.59 Å². The zero-order valence-electron chi connectivity index (χ0n) is 13.9. The summed E-state index contributed by atoms with van der Waals surface area (Å²) in [4.78, 5) is 23.3. The molecular formula is C18H24O6. The van der Waals surface area contributed by atoms with Crippen molar-refractivity contribution in [3.8, 4) is 0 Å². The third-order valence-corrected chi connectivity index (χ3v) is 3.65. The van der Waals surface area contributed by atoms with Gasteiger partial charge in [-0.05, 0) is 25.3 Å².